The molecule has 1 aromatic heterocycles. The van der Waals surface area contributed by atoms with Crippen LogP contribution in [0.2, 0.25) is 0 Å². The molecular formula is C15H19FN4S. The van der Waals surface area contributed by atoms with Gasteiger partial charge in [0.2, 0.25) is 0 Å². The van der Waals surface area contributed by atoms with E-state index in [9.17, 15) is 4.39 Å². The van der Waals surface area contributed by atoms with Gasteiger partial charge in [-0.3, -0.25) is 4.99 Å². The Hall–Kier alpha value is -1.95. The van der Waals surface area contributed by atoms with Gasteiger partial charge in [-0.05, 0) is 31.0 Å². The van der Waals surface area contributed by atoms with Crippen molar-refractivity contribution in [3.63, 3.8) is 0 Å². The Labute approximate surface area is 128 Å². The van der Waals surface area contributed by atoms with Crippen molar-refractivity contribution in [3.05, 3.63) is 51.2 Å². The molecule has 0 atom stereocenters. The molecule has 0 fully saturated rings. The lowest BCUT2D eigenvalue weighted by Crippen LogP contribution is -2.36. The number of thiazole rings is 1. The predicted molar refractivity (Wildman–Crippen MR) is 85.0 cm³/mol. The van der Waals surface area contributed by atoms with Crippen molar-refractivity contribution in [2.45, 2.75) is 26.9 Å². The smallest absolute Gasteiger partial charge is 0.191 e. The van der Waals surface area contributed by atoms with Crippen LogP contribution in [-0.2, 0) is 13.1 Å². The summed E-state index contributed by atoms with van der Waals surface area (Å²) >= 11 is 1.65. The first-order valence-electron chi connectivity index (χ1n) is 6.69. The second-order valence-corrected chi connectivity index (χ2v) is 6.03. The predicted octanol–water partition coefficient (Wildman–Crippen LogP) is 2.76. The average molecular weight is 306 g/mol. The molecule has 2 rings (SSSR count). The van der Waals surface area contributed by atoms with Crippen LogP contribution >= 0.6 is 11.3 Å². The summed E-state index contributed by atoms with van der Waals surface area (Å²) in [6, 6.07) is 5.23. The fourth-order valence-electron chi connectivity index (χ4n) is 1.81. The summed E-state index contributed by atoms with van der Waals surface area (Å²) in [6.45, 7) is 4.93. The number of nitrogens with zero attached hydrogens (tertiary/aromatic N) is 2. The molecule has 0 spiro atoms. The number of halogens is 1. The van der Waals surface area contributed by atoms with Crippen molar-refractivity contribution >= 4 is 17.3 Å². The lowest BCUT2D eigenvalue weighted by Gasteiger charge is -2.11. The first-order valence-corrected chi connectivity index (χ1v) is 7.51. The summed E-state index contributed by atoms with van der Waals surface area (Å²) in [6.07, 6.45) is 1.86. The normalized spacial score (nSPS) is 11.5. The van der Waals surface area contributed by atoms with E-state index < -0.39 is 0 Å². The largest absolute Gasteiger partial charge is 0.352 e. The van der Waals surface area contributed by atoms with Gasteiger partial charge in [-0.2, -0.15) is 0 Å². The lowest BCUT2D eigenvalue weighted by atomic mass is 10.1. The second-order valence-electron chi connectivity index (χ2n) is 4.71. The van der Waals surface area contributed by atoms with Gasteiger partial charge in [-0.1, -0.05) is 12.1 Å². The summed E-state index contributed by atoms with van der Waals surface area (Å²) in [7, 11) is 1.71. The van der Waals surface area contributed by atoms with E-state index in [0.717, 1.165) is 15.4 Å². The molecule has 0 aliphatic rings. The molecule has 0 saturated carbocycles. The number of benzene rings is 1. The lowest BCUT2D eigenvalue weighted by molar-refractivity contribution is 0.615. The molecule has 21 heavy (non-hydrogen) atoms. The molecule has 1 heterocycles. The Morgan fingerprint density at radius 1 is 1.29 bits per heavy atom. The van der Waals surface area contributed by atoms with Crippen LogP contribution in [0, 0.1) is 19.7 Å². The molecule has 0 amide bonds. The Morgan fingerprint density at radius 3 is 2.67 bits per heavy atom. The molecule has 0 saturated heterocycles. The fourth-order valence-corrected chi connectivity index (χ4v) is 2.55. The number of aryl methyl sites for hydroxylation is 2. The quantitative estimate of drug-likeness (QED) is 0.674. The van der Waals surface area contributed by atoms with Crippen LogP contribution in [0.25, 0.3) is 0 Å². The topological polar surface area (TPSA) is 49.3 Å². The van der Waals surface area contributed by atoms with Crippen LogP contribution in [0.15, 0.2) is 29.4 Å². The van der Waals surface area contributed by atoms with Crippen LogP contribution < -0.4 is 10.6 Å². The minimum Gasteiger partial charge on any atom is -0.352 e. The van der Waals surface area contributed by atoms with E-state index >= 15 is 0 Å². The first kappa shape index (κ1) is 15.4. The van der Waals surface area contributed by atoms with Crippen LogP contribution in [0.3, 0.4) is 0 Å². The third-order valence-electron chi connectivity index (χ3n) is 3.02. The highest BCUT2D eigenvalue weighted by Crippen LogP contribution is 2.11. The molecule has 4 nitrogen and oxygen atoms in total. The van der Waals surface area contributed by atoms with Crippen molar-refractivity contribution in [2.75, 3.05) is 7.05 Å². The molecule has 0 unspecified atom stereocenters. The van der Waals surface area contributed by atoms with E-state index in [1.165, 1.54) is 0 Å². The van der Waals surface area contributed by atoms with E-state index in [2.05, 4.69) is 20.6 Å². The summed E-state index contributed by atoms with van der Waals surface area (Å²) < 4.78 is 13.5. The highest BCUT2D eigenvalue weighted by molar-refractivity contribution is 7.11. The average Bonchev–Trinajstić information content (AvgIpc) is 2.88. The highest BCUT2D eigenvalue weighted by Gasteiger charge is 2.03. The van der Waals surface area contributed by atoms with Gasteiger partial charge in [0.05, 0.1) is 11.6 Å². The molecule has 0 radical (unpaired) electrons. The van der Waals surface area contributed by atoms with Crippen molar-refractivity contribution in [3.8, 4) is 0 Å². The Kier molecular flexibility index (Phi) is 5.27. The number of hydrogen-bond acceptors (Lipinski definition) is 3. The van der Waals surface area contributed by atoms with Crippen molar-refractivity contribution < 1.29 is 4.39 Å². The Balaban J connectivity index is 1.86. The first-order chi connectivity index (χ1) is 10.1. The summed E-state index contributed by atoms with van der Waals surface area (Å²) in [5.74, 6) is 0.499. The molecule has 1 aromatic carbocycles. The Bertz CT molecular complexity index is 636. The zero-order valence-corrected chi connectivity index (χ0v) is 13.2. The van der Waals surface area contributed by atoms with Crippen LogP contribution in [-0.4, -0.2) is 18.0 Å². The molecule has 112 valence electrons. The second kappa shape index (κ2) is 7.17. The van der Waals surface area contributed by atoms with Crippen molar-refractivity contribution in [2.24, 2.45) is 4.99 Å². The maximum absolute atomic E-state index is 13.5. The maximum atomic E-state index is 13.5. The molecule has 0 bridgehead atoms. The zero-order chi connectivity index (χ0) is 15.2. The number of aliphatic imine (C=N–C) groups is 1. The van der Waals surface area contributed by atoms with Gasteiger partial charge < -0.3 is 10.6 Å². The van der Waals surface area contributed by atoms with Gasteiger partial charge in [-0.25, -0.2) is 9.37 Å². The molecule has 6 heteroatoms. The van der Waals surface area contributed by atoms with Gasteiger partial charge in [0.1, 0.15) is 5.82 Å². The van der Waals surface area contributed by atoms with Crippen LogP contribution in [0.4, 0.5) is 4.39 Å². The molecule has 0 aliphatic heterocycles. The van der Waals surface area contributed by atoms with Crippen molar-refractivity contribution in [1.29, 1.82) is 0 Å². The van der Waals surface area contributed by atoms with E-state index in [0.29, 0.717) is 24.6 Å². The van der Waals surface area contributed by atoms with E-state index in [1.54, 1.807) is 37.4 Å². The SMILES string of the molecule is CN=C(NCc1ccc(C)c(F)c1)NCc1cnc(C)s1. The number of rotatable bonds is 4. The third kappa shape index (κ3) is 4.53. The van der Waals surface area contributed by atoms with Gasteiger partial charge in [0, 0.05) is 24.7 Å². The Morgan fingerprint density at radius 2 is 2.05 bits per heavy atom. The minimum atomic E-state index is -0.183. The molecular weight excluding hydrogens is 287 g/mol. The fraction of sp³-hybridized carbons (Fsp3) is 0.333. The third-order valence-corrected chi connectivity index (χ3v) is 3.93. The number of guanidine groups is 1. The number of nitrogens with one attached hydrogen (secondary N) is 2. The van der Waals surface area contributed by atoms with E-state index in [1.807, 2.05) is 19.2 Å². The van der Waals surface area contributed by atoms with E-state index in [-0.39, 0.29) is 5.82 Å². The minimum absolute atomic E-state index is 0.183. The van der Waals surface area contributed by atoms with Gasteiger partial charge >= 0.3 is 0 Å². The molecule has 2 aromatic rings. The highest BCUT2D eigenvalue weighted by atomic mass is 32.1. The molecule has 2 N–H and O–H groups in total. The van der Waals surface area contributed by atoms with Gasteiger partial charge in [0.15, 0.2) is 5.96 Å². The van der Waals surface area contributed by atoms with Crippen LogP contribution in [0.1, 0.15) is 21.0 Å². The number of aromatic nitrogens is 1. The molecule has 0 aliphatic carbocycles. The summed E-state index contributed by atoms with van der Waals surface area (Å²) in [4.78, 5) is 9.51. The number of hydrogen-bond donors (Lipinski definition) is 2. The van der Waals surface area contributed by atoms with Gasteiger partial charge in [0.25, 0.3) is 0 Å². The van der Waals surface area contributed by atoms with Gasteiger partial charge in [-0.15, -0.1) is 11.3 Å². The standard InChI is InChI=1S/C15H19FN4S/c1-10-4-5-12(6-14(10)16)7-19-15(17-3)20-9-13-8-18-11(2)21-13/h4-6,8H,7,9H2,1-3H3,(H2,17,19,20). The van der Waals surface area contributed by atoms with Crippen molar-refractivity contribution in [1.82, 2.24) is 15.6 Å². The summed E-state index contributed by atoms with van der Waals surface area (Å²) in [5.41, 5.74) is 1.54. The summed E-state index contributed by atoms with van der Waals surface area (Å²) in [5, 5.41) is 7.42. The van der Waals surface area contributed by atoms with Crippen LogP contribution in [0.5, 0.6) is 0 Å². The maximum Gasteiger partial charge on any atom is 0.191 e. The van der Waals surface area contributed by atoms with E-state index in [4.69, 9.17) is 0 Å². The zero-order valence-electron chi connectivity index (χ0n) is 12.4. The monoisotopic (exact) mass is 306 g/mol.